The highest BCUT2D eigenvalue weighted by molar-refractivity contribution is 5.73. The van der Waals surface area contributed by atoms with Gasteiger partial charge in [-0.2, -0.15) is 0 Å². The molecule has 2 rings (SSSR count). The Kier molecular flexibility index (Phi) is 4.84. The molecule has 0 radical (unpaired) electrons. The van der Waals surface area contributed by atoms with Crippen LogP contribution >= 0.6 is 0 Å². The van der Waals surface area contributed by atoms with E-state index >= 15 is 0 Å². The standard InChI is InChI=1S/C15H23N3O2/c1-11-4-5-14-12(8-11)9-13(20-14)10-16-6-7-17-15(19)18(2)3/h4-5,8,13,16H,6-7,9-10H2,1-3H3,(H,17,19). The van der Waals surface area contributed by atoms with Gasteiger partial charge in [-0.25, -0.2) is 4.79 Å². The molecule has 0 saturated carbocycles. The fourth-order valence-electron chi connectivity index (χ4n) is 2.24. The van der Waals surface area contributed by atoms with Crippen LogP contribution in [0.5, 0.6) is 5.75 Å². The van der Waals surface area contributed by atoms with Crippen LogP contribution in [0.4, 0.5) is 4.79 Å². The third kappa shape index (κ3) is 3.87. The molecule has 0 saturated heterocycles. The number of rotatable bonds is 5. The maximum atomic E-state index is 11.3. The van der Waals surface area contributed by atoms with Crippen LogP contribution in [0.15, 0.2) is 18.2 Å². The molecular weight excluding hydrogens is 254 g/mol. The minimum atomic E-state index is -0.0632. The molecule has 110 valence electrons. The number of nitrogens with zero attached hydrogens (tertiary/aromatic N) is 1. The Bertz CT molecular complexity index is 474. The molecule has 0 fully saturated rings. The second kappa shape index (κ2) is 6.61. The summed E-state index contributed by atoms with van der Waals surface area (Å²) in [6.07, 6.45) is 1.14. The molecule has 1 aromatic rings. The van der Waals surface area contributed by atoms with Crippen molar-refractivity contribution in [1.29, 1.82) is 0 Å². The van der Waals surface area contributed by atoms with Crippen LogP contribution in [-0.4, -0.2) is 50.8 Å². The number of urea groups is 1. The monoisotopic (exact) mass is 277 g/mol. The lowest BCUT2D eigenvalue weighted by Crippen LogP contribution is -2.40. The van der Waals surface area contributed by atoms with Crippen molar-refractivity contribution in [3.63, 3.8) is 0 Å². The van der Waals surface area contributed by atoms with E-state index in [1.54, 1.807) is 14.1 Å². The first kappa shape index (κ1) is 14.7. The largest absolute Gasteiger partial charge is 0.488 e. The first-order valence-electron chi connectivity index (χ1n) is 6.98. The average molecular weight is 277 g/mol. The number of hydrogen-bond donors (Lipinski definition) is 2. The predicted molar refractivity (Wildman–Crippen MR) is 79.3 cm³/mol. The van der Waals surface area contributed by atoms with E-state index in [0.717, 1.165) is 25.3 Å². The fraction of sp³-hybridized carbons (Fsp3) is 0.533. The summed E-state index contributed by atoms with van der Waals surface area (Å²) >= 11 is 0. The molecule has 1 heterocycles. The summed E-state index contributed by atoms with van der Waals surface area (Å²) in [6, 6.07) is 6.24. The van der Waals surface area contributed by atoms with Crippen molar-refractivity contribution in [2.75, 3.05) is 33.7 Å². The number of nitrogens with one attached hydrogen (secondary N) is 2. The topological polar surface area (TPSA) is 53.6 Å². The maximum absolute atomic E-state index is 11.3. The number of aryl methyl sites for hydroxylation is 1. The highest BCUT2D eigenvalue weighted by Crippen LogP contribution is 2.29. The molecule has 5 heteroatoms. The first-order valence-corrected chi connectivity index (χ1v) is 6.98. The Balaban J connectivity index is 1.64. The van der Waals surface area contributed by atoms with Gasteiger partial charge < -0.3 is 20.3 Å². The Morgan fingerprint density at radius 1 is 1.40 bits per heavy atom. The van der Waals surface area contributed by atoms with Crippen molar-refractivity contribution in [2.45, 2.75) is 19.4 Å². The molecule has 2 amide bonds. The van der Waals surface area contributed by atoms with Gasteiger partial charge in [0.1, 0.15) is 11.9 Å². The number of carbonyl (C=O) groups is 1. The van der Waals surface area contributed by atoms with Gasteiger partial charge in [0.25, 0.3) is 0 Å². The lowest BCUT2D eigenvalue weighted by atomic mass is 10.1. The zero-order chi connectivity index (χ0) is 14.5. The fourth-order valence-corrected chi connectivity index (χ4v) is 2.24. The molecule has 0 spiro atoms. The maximum Gasteiger partial charge on any atom is 0.316 e. The zero-order valence-electron chi connectivity index (χ0n) is 12.4. The molecule has 0 aromatic heterocycles. The van der Waals surface area contributed by atoms with E-state index in [4.69, 9.17) is 4.74 Å². The molecule has 1 aliphatic heterocycles. The Hall–Kier alpha value is -1.75. The number of carbonyl (C=O) groups excluding carboxylic acids is 1. The van der Waals surface area contributed by atoms with Crippen LogP contribution in [0.2, 0.25) is 0 Å². The van der Waals surface area contributed by atoms with E-state index in [1.807, 2.05) is 6.07 Å². The molecule has 0 bridgehead atoms. The summed E-state index contributed by atoms with van der Waals surface area (Å²) in [5.74, 6) is 1.00. The summed E-state index contributed by atoms with van der Waals surface area (Å²) in [7, 11) is 3.46. The van der Waals surface area contributed by atoms with Crippen molar-refractivity contribution in [2.24, 2.45) is 0 Å². The molecule has 1 atom stereocenters. The summed E-state index contributed by atoms with van der Waals surface area (Å²) in [5.41, 5.74) is 2.56. The molecule has 1 aromatic carbocycles. The molecule has 1 aliphatic rings. The lowest BCUT2D eigenvalue weighted by molar-refractivity contribution is 0.216. The SMILES string of the molecule is Cc1ccc2c(c1)CC(CNCCNC(=O)N(C)C)O2. The summed E-state index contributed by atoms with van der Waals surface area (Å²) in [4.78, 5) is 12.8. The van der Waals surface area contributed by atoms with Crippen molar-refractivity contribution < 1.29 is 9.53 Å². The van der Waals surface area contributed by atoms with Crippen LogP contribution in [0, 0.1) is 6.92 Å². The minimum Gasteiger partial charge on any atom is -0.488 e. The number of amides is 2. The number of hydrogen-bond acceptors (Lipinski definition) is 3. The van der Waals surface area contributed by atoms with Crippen molar-refractivity contribution in [3.8, 4) is 5.75 Å². The highest BCUT2D eigenvalue weighted by atomic mass is 16.5. The van der Waals surface area contributed by atoms with Gasteiger partial charge in [0, 0.05) is 40.2 Å². The zero-order valence-corrected chi connectivity index (χ0v) is 12.4. The summed E-state index contributed by atoms with van der Waals surface area (Å²) < 4.78 is 5.87. The Labute approximate surface area is 120 Å². The number of benzene rings is 1. The van der Waals surface area contributed by atoms with Crippen LogP contribution < -0.4 is 15.4 Å². The summed E-state index contributed by atoms with van der Waals surface area (Å²) in [6.45, 7) is 4.26. The quantitative estimate of drug-likeness (QED) is 0.794. The van der Waals surface area contributed by atoms with Gasteiger partial charge in [-0.15, -0.1) is 0 Å². The number of fused-ring (bicyclic) bond motifs is 1. The van der Waals surface area contributed by atoms with Gasteiger partial charge in [0.05, 0.1) is 0 Å². The van der Waals surface area contributed by atoms with E-state index in [2.05, 4.69) is 29.7 Å². The molecule has 1 unspecified atom stereocenters. The van der Waals surface area contributed by atoms with Crippen LogP contribution in [0.1, 0.15) is 11.1 Å². The third-order valence-electron chi connectivity index (χ3n) is 3.31. The van der Waals surface area contributed by atoms with Gasteiger partial charge in [0.2, 0.25) is 0 Å². The van der Waals surface area contributed by atoms with E-state index in [1.165, 1.54) is 16.0 Å². The van der Waals surface area contributed by atoms with E-state index < -0.39 is 0 Å². The van der Waals surface area contributed by atoms with E-state index in [9.17, 15) is 4.79 Å². The van der Waals surface area contributed by atoms with Crippen molar-refractivity contribution in [3.05, 3.63) is 29.3 Å². The molecule has 2 N–H and O–H groups in total. The lowest BCUT2D eigenvalue weighted by Gasteiger charge is -2.14. The molecular formula is C15H23N3O2. The van der Waals surface area contributed by atoms with Gasteiger partial charge >= 0.3 is 6.03 Å². The Morgan fingerprint density at radius 3 is 2.95 bits per heavy atom. The highest BCUT2D eigenvalue weighted by Gasteiger charge is 2.22. The second-order valence-corrected chi connectivity index (χ2v) is 5.39. The third-order valence-corrected chi connectivity index (χ3v) is 3.31. The predicted octanol–water partition coefficient (Wildman–Crippen LogP) is 1.16. The van der Waals surface area contributed by atoms with Crippen molar-refractivity contribution in [1.82, 2.24) is 15.5 Å². The van der Waals surface area contributed by atoms with Crippen molar-refractivity contribution >= 4 is 6.03 Å². The van der Waals surface area contributed by atoms with Crippen LogP contribution in [0.3, 0.4) is 0 Å². The first-order chi connectivity index (χ1) is 9.56. The number of ether oxygens (including phenoxy) is 1. The Morgan fingerprint density at radius 2 is 2.20 bits per heavy atom. The molecule has 0 aliphatic carbocycles. The molecule has 20 heavy (non-hydrogen) atoms. The minimum absolute atomic E-state index is 0.0632. The van der Waals surface area contributed by atoms with Crippen LogP contribution in [-0.2, 0) is 6.42 Å². The van der Waals surface area contributed by atoms with Gasteiger partial charge in [-0.05, 0) is 18.6 Å². The van der Waals surface area contributed by atoms with Crippen LogP contribution in [0.25, 0.3) is 0 Å². The molecule has 5 nitrogen and oxygen atoms in total. The smallest absolute Gasteiger partial charge is 0.316 e. The van der Waals surface area contributed by atoms with Gasteiger partial charge in [-0.3, -0.25) is 0 Å². The van der Waals surface area contributed by atoms with E-state index in [-0.39, 0.29) is 12.1 Å². The normalized spacial score (nSPS) is 16.4. The van der Waals surface area contributed by atoms with Gasteiger partial charge in [-0.1, -0.05) is 17.7 Å². The van der Waals surface area contributed by atoms with E-state index in [0.29, 0.717) is 6.54 Å². The second-order valence-electron chi connectivity index (χ2n) is 5.39. The summed E-state index contributed by atoms with van der Waals surface area (Å²) in [5, 5.41) is 6.13. The average Bonchev–Trinajstić information content (AvgIpc) is 2.79. The van der Waals surface area contributed by atoms with Gasteiger partial charge in [0.15, 0.2) is 0 Å².